The first-order valence-corrected chi connectivity index (χ1v) is 6.92. The van der Waals surface area contributed by atoms with E-state index in [0.29, 0.717) is 12.1 Å². The van der Waals surface area contributed by atoms with Crippen molar-refractivity contribution in [1.29, 1.82) is 5.26 Å². The number of nitriles is 1. The van der Waals surface area contributed by atoms with Crippen molar-refractivity contribution in [3.05, 3.63) is 35.4 Å². The molecule has 1 aromatic rings. The maximum atomic E-state index is 10.0. The van der Waals surface area contributed by atoms with Gasteiger partial charge in [0, 0.05) is 18.8 Å². The summed E-state index contributed by atoms with van der Waals surface area (Å²) in [4.78, 5) is 2.11. The minimum absolute atomic E-state index is 0.491. The molecule has 1 unspecified atom stereocenters. The molecule has 0 amide bonds. The zero-order valence-electron chi connectivity index (χ0n) is 10.3. The summed E-state index contributed by atoms with van der Waals surface area (Å²) in [7, 11) is 2.00. The second-order valence-corrected chi connectivity index (χ2v) is 4.99. The quantitative estimate of drug-likeness (QED) is 0.837. The average molecular weight is 250 g/mol. The van der Waals surface area contributed by atoms with Gasteiger partial charge in [-0.1, -0.05) is 12.1 Å². The van der Waals surface area contributed by atoms with Crippen LogP contribution in [-0.4, -0.2) is 42.2 Å². The number of hydrogen-bond acceptors (Lipinski definition) is 4. The third kappa shape index (κ3) is 4.78. The zero-order chi connectivity index (χ0) is 12.7. The van der Waals surface area contributed by atoms with Gasteiger partial charge in [0.05, 0.1) is 17.7 Å². The molecule has 1 atom stereocenters. The summed E-state index contributed by atoms with van der Waals surface area (Å²) < 4.78 is 0. The van der Waals surface area contributed by atoms with Gasteiger partial charge in [-0.2, -0.15) is 17.0 Å². The summed E-state index contributed by atoms with van der Waals surface area (Å²) in [5.74, 6) is 1.07. The van der Waals surface area contributed by atoms with Crippen LogP contribution in [0.15, 0.2) is 24.3 Å². The molecule has 0 saturated carbocycles. The van der Waals surface area contributed by atoms with Gasteiger partial charge in [0.25, 0.3) is 0 Å². The molecule has 0 radical (unpaired) electrons. The van der Waals surface area contributed by atoms with E-state index < -0.39 is 6.10 Å². The van der Waals surface area contributed by atoms with Crippen LogP contribution in [0.4, 0.5) is 0 Å². The van der Waals surface area contributed by atoms with Crippen molar-refractivity contribution in [2.75, 3.05) is 32.1 Å². The second kappa shape index (κ2) is 7.33. The van der Waals surface area contributed by atoms with Crippen LogP contribution in [0.1, 0.15) is 17.2 Å². The molecule has 0 aliphatic heterocycles. The fraction of sp³-hybridized carbons (Fsp3) is 0.462. The van der Waals surface area contributed by atoms with Crippen molar-refractivity contribution < 1.29 is 5.11 Å². The largest absolute Gasteiger partial charge is 0.387 e. The van der Waals surface area contributed by atoms with Gasteiger partial charge in [-0.3, -0.25) is 0 Å². The van der Waals surface area contributed by atoms with E-state index in [1.807, 2.05) is 19.2 Å². The molecule has 0 fully saturated rings. The third-order valence-corrected chi connectivity index (χ3v) is 3.18. The van der Waals surface area contributed by atoms with Crippen LogP contribution in [0.3, 0.4) is 0 Å². The molecule has 0 aliphatic carbocycles. The number of hydrogen-bond donors (Lipinski definition) is 1. The van der Waals surface area contributed by atoms with Crippen molar-refractivity contribution in [2.24, 2.45) is 0 Å². The summed E-state index contributed by atoms with van der Waals surface area (Å²) in [6.07, 6.45) is 1.58. The zero-order valence-corrected chi connectivity index (χ0v) is 11.1. The van der Waals surface area contributed by atoms with Gasteiger partial charge < -0.3 is 10.0 Å². The monoisotopic (exact) mass is 250 g/mol. The summed E-state index contributed by atoms with van der Waals surface area (Å²) >= 11 is 1.80. The molecule has 1 rings (SSSR count). The molecule has 0 bridgehead atoms. The highest BCUT2D eigenvalue weighted by atomic mass is 32.2. The van der Waals surface area contributed by atoms with Crippen LogP contribution in [0.2, 0.25) is 0 Å². The molecule has 0 spiro atoms. The standard InChI is InChI=1S/C13H18N2OS/c1-15(7-8-17-2)10-13(16)12-5-3-11(9-14)4-6-12/h3-6,13,16H,7-8,10H2,1-2H3. The van der Waals surface area contributed by atoms with Crippen molar-refractivity contribution in [1.82, 2.24) is 4.90 Å². The molecule has 92 valence electrons. The Morgan fingerprint density at radius 3 is 2.59 bits per heavy atom. The minimum atomic E-state index is -0.491. The SMILES string of the molecule is CSCCN(C)CC(O)c1ccc(C#N)cc1. The highest BCUT2D eigenvalue weighted by molar-refractivity contribution is 7.98. The molecule has 4 heteroatoms. The Balaban J connectivity index is 2.51. The number of nitrogens with zero attached hydrogens (tertiary/aromatic N) is 2. The van der Waals surface area contributed by atoms with Gasteiger partial charge in [-0.15, -0.1) is 0 Å². The van der Waals surface area contributed by atoms with E-state index >= 15 is 0 Å². The van der Waals surface area contributed by atoms with Gasteiger partial charge in [-0.05, 0) is 31.0 Å². The lowest BCUT2D eigenvalue weighted by Crippen LogP contribution is -2.26. The highest BCUT2D eigenvalue weighted by Gasteiger charge is 2.10. The van der Waals surface area contributed by atoms with E-state index in [4.69, 9.17) is 5.26 Å². The Kier molecular flexibility index (Phi) is 6.06. The normalized spacial score (nSPS) is 12.4. The van der Waals surface area contributed by atoms with Crippen LogP contribution in [0.5, 0.6) is 0 Å². The number of likely N-dealkylation sites (N-methyl/N-ethyl adjacent to an activating group) is 1. The summed E-state index contributed by atoms with van der Waals surface area (Å²) in [6.45, 7) is 1.58. The Morgan fingerprint density at radius 1 is 1.41 bits per heavy atom. The molecular weight excluding hydrogens is 232 g/mol. The first kappa shape index (κ1) is 14.0. The van der Waals surface area contributed by atoms with Gasteiger partial charge >= 0.3 is 0 Å². The Bertz CT molecular complexity index is 372. The molecule has 0 saturated heterocycles. The molecule has 0 heterocycles. The molecule has 1 aromatic carbocycles. The number of benzene rings is 1. The summed E-state index contributed by atoms with van der Waals surface area (Å²) in [5.41, 5.74) is 1.48. The van der Waals surface area contributed by atoms with Crippen molar-refractivity contribution in [3.8, 4) is 6.07 Å². The lowest BCUT2D eigenvalue weighted by Gasteiger charge is -2.20. The molecule has 3 nitrogen and oxygen atoms in total. The Morgan fingerprint density at radius 2 is 2.06 bits per heavy atom. The lowest BCUT2D eigenvalue weighted by molar-refractivity contribution is 0.130. The van der Waals surface area contributed by atoms with Gasteiger partial charge in [0.1, 0.15) is 0 Å². The molecule has 0 aliphatic rings. The van der Waals surface area contributed by atoms with E-state index in [2.05, 4.69) is 17.2 Å². The number of thioether (sulfide) groups is 1. The van der Waals surface area contributed by atoms with Gasteiger partial charge in [0.15, 0.2) is 0 Å². The van der Waals surface area contributed by atoms with Gasteiger partial charge in [0.2, 0.25) is 0 Å². The van der Waals surface area contributed by atoms with E-state index in [0.717, 1.165) is 17.9 Å². The first-order valence-electron chi connectivity index (χ1n) is 5.53. The Labute approximate surface area is 107 Å². The predicted molar refractivity (Wildman–Crippen MR) is 72.0 cm³/mol. The van der Waals surface area contributed by atoms with E-state index in [1.165, 1.54) is 0 Å². The smallest absolute Gasteiger partial charge is 0.0991 e. The number of aliphatic hydroxyl groups is 1. The fourth-order valence-corrected chi connectivity index (χ4v) is 2.01. The van der Waals surface area contributed by atoms with Crippen LogP contribution >= 0.6 is 11.8 Å². The van der Waals surface area contributed by atoms with Crippen molar-refractivity contribution in [2.45, 2.75) is 6.10 Å². The molecule has 1 N–H and O–H groups in total. The van der Waals surface area contributed by atoms with Crippen molar-refractivity contribution in [3.63, 3.8) is 0 Å². The van der Waals surface area contributed by atoms with Crippen LogP contribution in [0.25, 0.3) is 0 Å². The summed E-state index contributed by atoms with van der Waals surface area (Å²) in [5, 5.41) is 18.7. The predicted octanol–water partition coefficient (Wildman–Crippen LogP) is 1.89. The second-order valence-electron chi connectivity index (χ2n) is 4.00. The molecular formula is C13H18N2OS. The number of rotatable bonds is 6. The first-order chi connectivity index (χ1) is 8.17. The highest BCUT2D eigenvalue weighted by Crippen LogP contribution is 2.14. The van der Waals surface area contributed by atoms with E-state index in [9.17, 15) is 5.11 Å². The molecule has 0 aromatic heterocycles. The topological polar surface area (TPSA) is 47.3 Å². The summed E-state index contributed by atoms with van der Waals surface area (Å²) in [6, 6.07) is 9.16. The maximum Gasteiger partial charge on any atom is 0.0991 e. The average Bonchev–Trinajstić information content (AvgIpc) is 2.36. The van der Waals surface area contributed by atoms with Gasteiger partial charge in [-0.25, -0.2) is 0 Å². The van der Waals surface area contributed by atoms with E-state index in [-0.39, 0.29) is 0 Å². The lowest BCUT2D eigenvalue weighted by atomic mass is 10.1. The third-order valence-electron chi connectivity index (χ3n) is 2.59. The van der Waals surface area contributed by atoms with Crippen LogP contribution < -0.4 is 0 Å². The van der Waals surface area contributed by atoms with E-state index in [1.54, 1.807) is 23.9 Å². The molecule has 17 heavy (non-hydrogen) atoms. The van der Waals surface area contributed by atoms with Crippen molar-refractivity contribution >= 4 is 11.8 Å². The van der Waals surface area contributed by atoms with Crippen LogP contribution in [0, 0.1) is 11.3 Å². The van der Waals surface area contributed by atoms with Crippen LogP contribution in [-0.2, 0) is 0 Å². The number of aliphatic hydroxyl groups excluding tert-OH is 1. The Hall–Kier alpha value is -1.02. The fourth-order valence-electron chi connectivity index (χ4n) is 1.52. The minimum Gasteiger partial charge on any atom is -0.387 e. The maximum absolute atomic E-state index is 10.0.